The molecular formula is C20H25BrN2O5S. The summed E-state index contributed by atoms with van der Waals surface area (Å²) < 4.78 is 37.0. The maximum absolute atomic E-state index is 12.1. The topological polar surface area (TPSA) is 84.9 Å². The van der Waals surface area contributed by atoms with Crippen LogP contribution in [0.15, 0.2) is 53.0 Å². The number of nitrogens with zero attached hydrogens (tertiary/aromatic N) is 1. The summed E-state index contributed by atoms with van der Waals surface area (Å²) in [5.74, 6) is 1.21. The lowest BCUT2D eigenvalue weighted by Crippen LogP contribution is -2.32. The van der Waals surface area contributed by atoms with E-state index in [0.29, 0.717) is 36.8 Å². The average Bonchev–Trinajstić information content (AvgIpc) is 2.68. The molecule has 2 aromatic rings. The van der Waals surface area contributed by atoms with Crippen LogP contribution in [0.2, 0.25) is 0 Å². The van der Waals surface area contributed by atoms with Crippen molar-refractivity contribution in [3.05, 3.63) is 53.0 Å². The molecule has 29 heavy (non-hydrogen) atoms. The third-order valence-electron chi connectivity index (χ3n) is 4.00. The molecule has 7 nitrogen and oxygen atoms in total. The van der Waals surface area contributed by atoms with Gasteiger partial charge in [0, 0.05) is 23.5 Å². The number of carbonyl (C=O) groups excluding carboxylic acids is 1. The minimum absolute atomic E-state index is 0.151. The second-order valence-electron chi connectivity index (χ2n) is 6.30. The van der Waals surface area contributed by atoms with Crippen molar-refractivity contribution in [3.8, 4) is 11.5 Å². The van der Waals surface area contributed by atoms with Crippen LogP contribution < -0.4 is 19.1 Å². The lowest BCUT2D eigenvalue weighted by molar-refractivity contribution is -0.121. The Morgan fingerprint density at radius 2 is 1.86 bits per heavy atom. The van der Waals surface area contributed by atoms with Crippen LogP contribution in [0.4, 0.5) is 5.69 Å². The van der Waals surface area contributed by atoms with E-state index in [1.165, 1.54) is 4.31 Å². The molecule has 0 aromatic heterocycles. The minimum Gasteiger partial charge on any atom is -0.497 e. The predicted octanol–water partition coefficient (Wildman–Crippen LogP) is 3.20. The van der Waals surface area contributed by atoms with E-state index in [9.17, 15) is 13.2 Å². The molecule has 1 N–H and O–H groups in total. The van der Waals surface area contributed by atoms with Crippen molar-refractivity contribution < 1.29 is 22.7 Å². The van der Waals surface area contributed by atoms with Gasteiger partial charge in [-0.15, -0.1) is 0 Å². The van der Waals surface area contributed by atoms with Crippen LogP contribution in [-0.2, 0) is 14.8 Å². The third-order valence-corrected chi connectivity index (χ3v) is 5.68. The van der Waals surface area contributed by atoms with Gasteiger partial charge in [0.15, 0.2) is 0 Å². The van der Waals surface area contributed by atoms with Gasteiger partial charge in [-0.25, -0.2) is 8.42 Å². The Morgan fingerprint density at radius 3 is 2.55 bits per heavy atom. The number of ether oxygens (including phenoxy) is 2. The summed E-state index contributed by atoms with van der Waals surface area (Å²) in [4.78, 5) is 12.0. The van der Waals surface area contributed by atoms with Gasteiger partial charge in [0.05, 0.1) is 25.6 Å². The van der Waals surface area contributed by atoms with Crippen LogP contribution >= 0.6 is 15.9 Å². The lowest BCUT2D eigenvalue weighted by atomic mass is 10.2. The molecule has 0 bridgehead atoms. The van der Waals surface area contributed by atoms with E-state index < -0.39 is 10.0 Å². The van der Waals surface area contributed by atoms with E-state index in [0.717, 1.165) is 10.7 Å². The van der Waals surface area contributed by atoms with Crippen molar-refractivity contribution in [1.29, 1.82) is 0 Å². The van der Waals surface area contributed by atoms with Crippen molar-refractivity contribution in [2.24, 2.45) is 0 Å². The molecule has 0 aliphatic heterocycles. The van der Waals surface area contributed by atoms with Gasteiger partial charge in [-0.3, -0.25) is 9.10 Å². The second-order valence-corrected chi connectivity index (χ2v) is 9.12. The molecule has 0 saturated heterocycles. The Morgan fingerprint density at radius 1 is 1.14 bits per heavy atom. The number of anilines is 1. The molecule has 0 atom stereocenters. The minimum atomic E-state index is -3.44. The zero-order valence-electron chi connectivity index (χ0n) is 16.4. The first-order valence-corrected chi connectivity index (χ1v) is 11.7. The first kappa shape index (κ1) is 23.0. The fourth-order valence-corrected chi connectivity index (χ4v) is 3.98. The molecule has 1 amide bonds. The van der Waals surface area contributed by atoms with E-state index in [2.05, 4.69) is 21.2 Å². The van der Waals surface area contributed by atoms with Crippen LogP contribution in [-0.4, -0.2) is 47.4 Å². The Bertz CT molecular complexity index is 921. The van der Waals surface area contributed by atoms with E-state index in [4.69, 9.17) is 9.47 Å². The number of hydrogen-bond donors (Lipinski definition) is 1. The second kappa shape index (κ2) is 11.1. The van der Waals surface area contributed by atoms with E-state index >= 15 is 0 Å². The molecule has 0 saturated carbocycles. The zero-order valence-corrected chi connectivity index (χ0v) is 18.8. The van der Waals surface area contributed by atoms with Gasteiger partial charge in [-0.05, 0) is 36.8 Å². The van der Waals surface area contributed by atoms with Crippen LogP contribution in [0.3, 0.4) is 0 Å². The molecule has 0 heterocycles. The number of rotatable bonds is 11. The fraction of sp³-hybridized carbons (Fsp3) is 0.350. The molecular weight excluding hydrogens is 460 g/mol. The Hall–Kier alpha value is -2.26. The predicted molar refractivity (Wildman–Crippen MR) is 117 cm³/mol. The first-order chi connectivity index (χ1) is 13.8. The summed E-state index contributed by atoms with van der Waals surface area (Å²) in [6.07, 6.45) is 1.78. The number of halogens is 1. The van der Waals surface area contributed by atoms with E-state index in [-0.39, 0.29) is 18.9 Å². The van der Waals surface area contributed by atoms with Gasteiger partial charge < -0.3 is 14.8 Å². The van der Waals surface area contributed by atoms with Crippen LogP contribution in [0.5, 0.6) is 11.5 Å². The number of hydrogen-bond acceptors (Lipinski definition) is 5. The molecule has 0 fully saturated rings. The maximum atomic E-state index is 12.1. The van der Waals surface area contributed by atoms with Gasteiger partial charge in [0.25, 0.3) is 0 Å². The van der Waals surface area contributed by atoms with Gasteiger partial charge in [-0.2, -0.15) is 0 Å². The Balaban J connectivity index is 1.74. The molecule has 0 unspecified atom stereocenters. The Kier molecular flexibility index (Phi) is 8.78. The third kappa shape index (κ3) is 7.94. The smallest absolute Gasteiger partial charge is 0.232 e. The molecule has 0 aliphatic rings. The normalized spacial score (nSPS) is 11.0. The highest BCUT2D eigenvalue weighted by Crippen LogP contribution is 2.22. The number of carbonyl (C=O) groups is 1. The maximum Gasteiger partial charge on any atom is 0.232 e. The summed E-state index contributed by atoms with van der Waals surface area (Å²) in [6.45, 7) is 0.910. The number of methoxy groups -OCH3 is 1. The number of amides is 1. The van der Waals surface area contributed by atoms with E-state index in [1.807, 2.05) is 24.3 Å². The van der Waals surface area contributed by atoms with Crippen molar-refractivity contribution in [2.75, 3.05) is 37.4 Å². The molecule has 0 aliphatic carbocycles. The van der Waals surface area contributed by atoms with Crippen LogP contribution in [0, 0.1) is 0 Å². The summed E-state index contributed by atoms with van der Waals surface area (Å²) in [7, 11) is -1.86. The molecule has 0 spiro atoms. The van der Waals surface area contributed by atoms with Gasteiger partial charge in [0.2, 0.25) is 15.9 Å². The number of sulfonamides is 1. The quantitative estimate of drug-likeness (QED) is 0.495. The summed E-state index contributed by atoms with van der Waals surface area (Å²) in [5, 5.41) is 2.77. The van der Waals surface area contributed by atoms with Gasteiger partial charge >= 0.3 is 0 Å². The van der Waals surface area contributed by atoms with Crippen molar-refractivity contribution in [3.63, 3.8) is 0 Å². The van der Waals surface area contributed by atoms with Crippen molar-refractivity contribution >= 4 is 37.5 Å². The van der Waals surface area contributed by atoms with Crippen LogP contribution in [0.25, 0.3) is 0 Å². The van der Waals surface area contributed by atoms with E-state index in [1.54, 1.807) is 31.4 Å². The molecule has 0 radical (unpaired) electrons. The molecule has 2 rings (SSSR count). The highest BCUT2D eigenvalue weighted by molar-refractivity contribution is 9.10. The highest BCUT2D eigenvalue weighted by Gasteiger charge is 2.17. The monoisotopic (exact) mass is 484 g/mol. The summed E-state index contributed by atoms with van der Waals surface area (Å²) >= 11 is 3.34. The number of nitrogens with one attached hydrogen (secondary N) is 1. The van der Waals surface area contributed by atoms with Crippen LogP contribution in [0.1, 0.15) is 12.8 Å². The fourth-order valence-electron chi connectivity index (χ4n) is 2.64. The standard InChI is InChI=1S/C20H25BrN2O5S/c1-27-18-8-4-9-19(15-18)28-13-11-22-20(24)10-5-12-23(29(2,25)26)17-7-3-6-16(21)14-17/h3-4,6-9,14-15H,5,10-13H2,1-2H3,(H,22,24). The molecule has 9 heteroatoms. The highest BCUT2D eigenvalue weighted by atomic mass is 79.9. The largest absolute Gasteiger partial charge is 0.497 e. The Labute approximate surface area is 180 Å². The molecule has 2 aromatic carbocycles. The lowest BCUT2D eigenvalue weighted by Gasteiger charge is -2.22. The zero-order chi connectivity index (χ0) is 21.3. The first-order valence-electron chi connectivity index (χ1n) is 9.06. The van der Waals surface area contributed by atoms with Crippen molar-refractivity contribution in [2.45, 2.75) is 12.8 Å². The average molecular weight is 485 g/mol. The molecule has 158 valence electrons. The number of benzene rings is 2. The van der Waals surface area contributed by atoms with Crippen molar-refractivity contribution in [1.82, 2.24) is 5.32 Å². The van der Waals surface area contributed by atoms with Gasteiger partial charge in [0.1, 0.15) is 18.1 Å². The summed E-state index contributed by atoms with van der Waals surface area (Å²) in [5.41, 5.74) is 0.564. The summed E-state index contributed by atoms with van der Waals surface area (Å²) in [6, 6.07) is 14.3. The SMILES string of the molecule is COc1cccc(OCCNC(=O)CCCN(c2cccc(Br)c2)S(C)(=O)=O)c1. The van der Waals surface area contributed by atoms with Gasteiger partial charge in [-0.1, -0.05) is 28.1 Å².